The molecule has 0 aromatic carbocycles. The quantitative estimate of drug-likeness (QED) is 0.702. The summed E-state index contributed by atoms with van der Waals surface area (Å²) in [6.07, 6.45) is 6.88. The smallest absolute Gasteiger partial charge is 0.0590 e. The summed E-state index contributed by atoms with van der Waals surface area (Å²) in [4.78, 5) is 0. The van der Waals surface area contributed by atoms with Crippen molar-refractivity contribution in [2.75, 3.05) is 13.2 Å². The molecule has 2 nitrogen and oxygen atoms in total. The van der Waals surface area contributed by atoms with Gasteiger partial charge in [-0.2, -0.15) is 0 Å². The lowest BCUT2D eigenvalue weighted by molar-refractivity contribution is 0.0931. The highest BCUT2D eigenvalue weighted by Crippen LogP contribution is 2.19. The fourth-order valence-corrected chi connectivity index (χ4v) is 2.27. The van der Waals surface area contributed by atoms with Crippen LogP contribution in [0.3, 0.4) is 0 Å². The summed E-state index contributed by atoms with van der Waals surface area (Å²) in [7, 11) is 0. The molecule has 1 heterocycles. The summed E-state index contributed by atoms with van der Waals surface area (Å²) in [5, 5.41) is 3.58. The molecule has 0 aromatic heterocycles. The lowest BCUT2D eigenvalue weighted by atomic mass is 9.98. The van der Waals surface area contributed by atoms with Crippen molar-refractivity contribution in [1.29, 1.82) is 0 Å². The highest BCUT2D eigenvalue weighted by atomic mass is 16.5. The minimum atomic E-state index is 0.529. The van der Waals surface area contributed by atoms with Crippen LogP contribution in [0.5, 0.6) is 0 Å². The second kappa shape index (κ2) is 7.24. The van der Waals surface area contributed by atoms with Crippen LogP contribution in [0.2, 0.25) is 0 Å². The Hall–Kier alpha value is -0.0800. The Morgan fingerprint density at radius 2 is 2.13 bits per heavy atom. The maximum atomic E-state index is 5.70. The molecule has 1 rings (SSSR count). The van der Waals surface area contributed by atoms with Crippen LogP contribution in [0.25, 0.3) is 0 Å². The Balaban J connectivity index is 2.22. The Bertz CT molecular complexity index is 153. The maximum Gasteiger partial charge on any atom is 0.0590 e. The molecular formula is C13H27NO. The largest absolute Gasteiger partial charge is 0.378 e. The van der Waals surface area contributed by atoms with E-state index in [9.17, 15) is 0 Å². The minimum absolute atomic E-state index is 0.529. The van der Waals surface area contributed by atoms with Crippen molar-refractivity contribution < 1.29 is 4.74 Å². The maximum absolute atomic E-state index is 5.70. The van der Waals surface area contributed by atoms with Gasteiger partial charge in [-0.05, 0) is 44.6 Å². The van der Waals surface area contributed by atoms with Gasteiger partial charge in [0.2, 0.25) is 0 Å². The van der Waals surface area contributed by atoms with E-state index in [2.05, 4.69) is 26.1 Å². The molecule has 0 bridgehead atoms. The van der Waals surface area contributed by atoms with Crippen LogP contribution in [0.15, 0.2) is 0 Å². The molecule has 1 aliphatic heterocycles. The topological polar surface area (TPSA) is 21.3 Å². The molecule has 1 saturated heterocycles. The molecule has 0 radical (unpaired) electrons. The molecule has 0 spiro atoms. The lowest BCUT2D eigenvalue weighted by Crippen LogP contribution is -2.32. The van der Waals surface area contributed by atoms with Gasteiger partial charge in [0.1, 0.15) is 0 Å². The zero-order valence-corrected chi connectivity index (χ0v) is 10.6. The summed E-state index contributed by atoms with van der Waals surface area (Å²) in [6.45, 7) is 8.85. The molecule has 90 valence electrons. The fraction of sp³-hybridized carbons (Fsp3) is 1.00. The lowest BCUT2D eigenvalue weighted by Gasteiger charge is -2.21. The molecule has 0 aliphatic carbocycles. The van der Waals surface area contributed by atoms with Gasteiger partial charge in [-0.3, -0.25) is 0 Å². The highest BCUT2D eigenvalue weighted by molar-refractivity contribution is 4.75. The first-order valence-corrected chi connectivity index (χ1v) is 6.57. The first kappa shape index (κ1) is 13.0. The number of ether oxygens (including phenoxy) is 1. The molecule has 2 heteroatoms. The van der Waals surface area contributed by atoms with E-state index in [1.54, 1.807) is 0 Å². The predicted molar refractivity (Wildman–Crippen MR) is 65.1 cm³/mol. The molecule has 2 unspecified atom stereocenters. The molecule has 15 heavy (non-hydrogen) atoms. The Morgan fingerprint density at radius 3 is 2.67 bits per heavy atom. The number of hydrogen-bond donors (Lipinski definition) is 1. The van der Waals surface area contributed by atoms with Gasteiger partial charge < -0.3 is 10.1 Å². The molecule has 2 atom stereocenters. The summed E-state index contributed by atoms with van der Waals surface area (Å²) < 4.78 is 5.70. The van der Waals surface area contributed by atoms with Gasteiger partial charge in [-0.25, -0.2) is 0 Å². The molecule has 0 aromatic rings. The normalized spacial score (nSPS) is 23.6. The van der Waals surface area contributed by atoms with Crippen molar-refractivity contribution in [2.24, 2.45) is 5.92 Å². The molecule has 1 fully saturated rings. The summed E-state index contributed by atoms with van der Waals surface area (Å²) >= 11 is 0. The molecular weight excluding hydrogens is 186 g/mol. The number of rotatable bonds is 7. The first-order chi connectivity index (χ1) is 7.22. The van der Waals surface area contributed by atoms with Gasteiger partial charge in [0.05, 0.1) is 6.10 Å². The molecule has 0 amide bonds. The van der Waals surface area contributed by atoms with E-state index in [1.165, 1.54) is 32.1 Å². The second-order valence-electron chi connectivity index (χ2n) is 5.10. The van der Waals surface area contributed by atoms with Gasteiger partial charge in [0, 0.05) is 12.6 Å². The van der Waals surface area contributed by atoms with Crippen LogP contribution in [-0.4, -0.2) is 25.3 Å². The minimum Gasteiger partial charge on any atom is -0.378 e. The van der Waals surface area contributed by atoms with Crippen LogP contribution >= 0.6 is 0 Å². The van der Waals surface area contributed by atoms with Gasteiger partial charge in [0.15, 0.2) is 0 Å². The van der Waals surface area contributed by atoms with E-state index in [-0.39, 0.29) is 0 Å². The van der Waals surface area contributed by atoms with Crippen LogP contribution in [0.1, 0.15) is 52.9 Å². The van der Waals surface area contributed by atoms with Gasteiger partial charge in [0.25, 0.3) is 0 Å². The predicted octanol–water partition coefficient (Wildman–Crippen LogP) is 2.97. The Labute approximate surface area is 94.8 Å². The van der Waals surface area contributed by atoms with E-state index >= 15 is 0 Å². The average molecular weight is 213 g/mol. The Morgan fingerprint density at radius 1 is 1.33 bits per heavy atom. The Kier molecular flexibility index (Phi) is 6.26. The third-order valence-corrected chi connectivity index (χ3v) is 3.16. The van der Waals surface area contributed by atoms with E-state index in [4.69, 9.17) is 4.74 Å². The van der Waals surface area contributed by atoms with Crippen LogP contribution in [0, 0.1) is 5.92 Å². The zero-order valence-electron chi connectivity index (χ0n) is 10.6. The first-order valence-electron chi connectivity index (χ1n) is 6.57. The van der Waals surface area contributed by atoms with Crippen molar-refractivity contribution in [3.63, 3.8) is 0 Å². The van der Waals surface area contributed by atoms with E-state index in [0.717, 1.165) is 19.1 Å². The van der Waals surface area contributed by atoms with Crippen molar-refractivity contribution in [2.45, 2.75) is 65.0 Å². The second-order valence-corrected chi connectivity index (χ2v) is 5.10. The molecule has 1 N–H and O–H groups in total. The van der Waals surface area contributed by atoms with E-state index in [0.29, 0.717) is 12.1 Å². The van der Waals surface area contributed by atoms with Crippen LogP contribution < -0.4 is 5.32 Å². The molecule has 0 saturated carbocycles. The van der Waals surface area contributed by atoms with E-state index in [1.807, 2.05) is 0 Å². The fourth-order valence-electron chi connectivity index (χ4n) is 2.27. The highest BCUT2D eigenvalue weighted by Gasteiger charge is 2.20. The summed E-state index contributed by atoms with van der Waals surface area (Å²) in [5.74, 6) is 0.815. The van der Waals surface area contributed by atoms with E-state index < -0.39 is 0 Å². The third-order valence-electron chi connectivity index (χ3n) is 3.16. The van der Waals surface area contributed by atoms with Crippen molar-refractivity contribution in [3.05, 3.63) is 0 Å². The third kappa shape index (κ3) is 5.53. The average Bonchev–Trinajstić information content (AvgIpc) is 2.67. The van der Waals surface area contributed by atoms with Crippen LogP contribution in [-0.2, 0) is 4.74 Å². The summed E-state index contributed by atoms with van der Waals surface area (Å²) in [6, 6.07) is 0.667. The standard InChI is InChI=1S/C13H27NO/c1-4-14-12(8-7-11(2)3)10-13-6-5-9-15-13/h11-14H,4-10H2,1-3H3. The van der Waals surface area contributed by atoms with Crippen molar-refractivity contribution >= 4 is 0 Å². The van der Waals surface area contributed by atoms with Gasteiger partial charge in [-0.15, -0.1) is 0 Å². The zero-order chi connectivity index (χ0) is 11.1. The SMILES string of the molecule is CCNC(CCC(C)C)CC1CCCO1. The van der Waals surface area contributed by atoms with Gasteiger partial charge >= 0.3 is 0 Å². The van der Waals surface area contributed by atoms with Gasteiger partial charge in [-0.1, -0.05) is 20.8 Å². The number of nitrogens with one attached hydrogen (secondary N) is 1. The summed E-state index contributed by atoms with van der Waals surface area (Å²) in [5.41, 5.74) is 0. The van der Waals surface area contributed by atoms with Crippen molar-refractivity contribution in [1.82, 2.24) is 5.32 Å². The van der Waals surface area contributed by atoms with Crippen molar-refractivity contribution in [3.8, 4) is 0 Å². The molecule has 1 aliphatic rings. The van der Waals surface area contributed by atoms with Crippen LogP contribution in [0.4, 0.5) is 0 Å². The monoisotopic (exact) mass is 213 g/mol. The number of hydrogen-bond acceptors (Lipinski definition) is 2.